The fourth-order valence-electron chi connectivity index (χ4n) is 1.98. The lowest BCUT2D eigenvalue weighted by atomic mass is 9.97. The molecule has 0 bridgehead atoms. The van der Waals surface area contributed by atoms with E-state index in [-0.39, 0.29) is 24.1 Å². The minimum absolute atomic E-state index is 0.0383. The van der Waals surface area contributed by atoms with Crippen molar-refractivity contribution in [2.75, 3.05) is 12.3 Å². The first kappa shape index (κ1) is 12.4. The lowest BCUT2D eigenvalue weighted by Gasteiger charge is -2.14. The SMILES string of the molecule is CC1CCCC1C(=O)NCCS(N)(=O)=O. The molecule has 0 saturated heterocycles. The van der Waals surface area contributed by atoms with Crippen molar-refractivity contribution in [2.45, 2.75) is 26.2 Å². The molecule has 1 aliphatic rings. The van der Waals surface area contributed by atoms with Crippen LogP contribution in [0.5, 0.6) is 0 Å². The average Bonchev–Trinajstić information content (AvgIpc) is 2.48. The van der Waals surface area contributed by atoms with Gasteiger partial charge in [-0.1, -0.05) is 13.3 Å². The van der Waals surface area contributed by atoms with Crippen LogP contribution in [0.25, 0.3) is 0 Å². The summed E-state index contributed by atoms with van der Waals surface area (Å²) in [5, 5.41) is 7.44. The number of hydrogen-bond donors (Lipinski definition) is 2. The molecule has 0 heterocycles. The summed E-state index contributed by atoms with van der Waals surface area (Å²) >= 11 is 0. The molecule has 0 aliphatic heterocycles. The third-order valence-corrected chi connectivity index (χ3v) is 3.66. The molecule has 1 saturated carbocycles. The quantitative estimate of drug-likeness (QED) is 0.707. The minimum atomic E-state index is -3.47. The maximum Gasteiger partial charge on any atom is 0.223 e. The predicted octanol–water partition coefficient (Wildman–Crippen LogP) is -0.173. The van der Waals surface area contributed by atoms with Gasteiger partial charge in [0.25, 0.3) is 0 Å². The van der Waals surface area contributed by atoms with Gasteiger partial charge in [0.05, 0.1) is 5.75 Å². The molecule has 1 aliphatic carbocycles. The fraction of sp³-hybridized carbons (Fsp3) is 0.889. The molecular weight excluding hydrogens is 216 g/mol. The molecule has 15 heavy (non-hydrogen) atoms. The standard InChI is InChI=1S/C9H18N2O3S/c1-7-3-2-4-8(7)9(12)11-5-6-15(10,13)14/h7-8H,2-6H2,1H3,(H,11,12)(H2,10,13,14). The number of carbonyl (C=O) groups is 1. The van der Waals surface area contributed by atoms with Crippen molar-refractivity contribution in [3.63, 3.8) is 0 Å². The van der Waals surface area contributed by atoms with Crippen LogP contribution in [0, 0.1) is 11.8 Å². The summed E-state index contributed by atoms with van der Waals surface area (Å²) in [6.45, 7) is 2.16. The summed E-state index contributed by atoms with van der Waals surface area (Å²) in [7, 11) is -3.47. The summed E-state index contributed by atoms with van der Waals surface area (Å²) in [4.78, 5) is 11.6. The van der Waals surface area contributed by atoms with E-state index in [2.05, 4.69) is 12.2 Å². The molecule has 88 valence electrons. The molecule has 0 spiro atoms. The van der Waals surface area contributed by atoms with Crippen molar-refractivity contribution in [3.8, 4) is 0 Å². The van der Waals surface area contributed by atoms with E-state index in [9.17, 15) is 13.2 Å². The fourth-order valence-corrected chi connectivity index (χ4v) is 2.37. The summed E-state index contributed by atoms with van der Waals surface area (Å²) in [5.74, 6) is 0.216. The van der Waals surface area contributed by atoms with Gasteiger partial charge in [-0.2, -0.15) is 0 Å². The van der Waals surface area contributed by atoms with E-state index in [0.29, 0.717) is 5.92 Å². The van der Waals surface area contributed by atoms with Gasteiger partial charge in [-0.15, -0.1) is 0 Å². The molecule has 0 aromatic carbocycles. The van der Waals surface area contributed by atoms with Crippen LogP contribution in [0.2, 0.25) is 0 Å². The Hall–Kier alpha value is -0.620. The Kier molecular flexibility index (Phi) is 4.10. The van der Waals surface area contributed by atoms with Crippen LogP contribution in [0.1, 0.15) is 26.2 Å². The number of rotatable bonds is 4. The van der Waals surface area contributed by atoms with Gasteiger partial charge in [0, 0.05) is 12.5 Å². The maximum atomic E-state index is 11.6. The second kappa shape index (κ2) is 4.94. The Bertz CT molecular complexity index is 326. The van der Waals surface area contributed by atoms with Gasteiger partial charge in [-0.3, -0.25) is 4.79 Å². The van der Waals surface area contributed by atoms with Crippen molar-refractivity contribution in [2.24, 2.45) is 17.0 Å². The van der Waals surface area contributed by atoms with Gasteiger partial charge >= 0.3 is 0 Å². The monoisotopic (exact) mass is 234 g/mol. The zero-order valence-electron chi connectivity index (χ0n) is 8.90. The first-order valence-electron chi connectivity index (χ1n) is 5.18. The van der Waals surface area contributed by atoms with Crippen LogP contribution in [-0.2, 0) is 14.8 Å². The Morgan fingerprint density at radius 3 is 2.60 bits per heavy atom. The highest BCUT2D eigenvalue weighted by Gasteiger charge is 2.29. The highest BCUT2D eigenvalue weighted by Crippen LogP contribution is 2.30. The van der Waals surface area contributed by atoms with Crippen molar-refractivity contribution in [1.29, 1.82) is 0 Å². The zero-order valence-corrected chi connectivity index (χ0v) is 9.72. The minimum Gasteiger partial charge on any atom is -0.355 e. The van der Waals surface area contributed by atoms with E-state index in [0.717, 1.165) is 19.3 Å². The van der Waals surface area contributed by atoms with Crippen LogP contribution >= 0.6 is 0 Å². The van der Waals surface area contributed by atoms with Crippen LogP contribution in [0.15, 0.2) is 0 Å². The summed E-state index contributed by atoms with van der Waals surface area (Å²) in [6, 6.07) is 0. The van der Waals surface area contributed by atoms with Gasteiger partial charge in [-0.25, -0.2) is 13.6 Å². The van der Waals surface area contributed by atoms with Crippen LogP contribution in [0.4, 0.5) is 0 Å². The van der Waals surface area contributed by atoms with Crippen molar-refractivity contribution in [1.82, 2.24) is 5.32 Å². The summed E-state index contributed by atoms with van der Waals surface area (Å²) < 4.78 is 21.2. The number of nitrogens with one attached hydrogen (secondary N) is 1. The molecule has 1 fully saturated rings. The summed E-state index contributed by atoms with van der Waals surface area (Å²) in [6.07, 6.45) is 3.06. The van der Waals surface area contributed by atoms with Crippen LogP contribution < -0.4 is 10.5 Å². The normalized spacial score (nSPS) is 26.5. The first-order valence-corrected chi connectivity index (χ1v) is 6.90. The van der Waals surface area contributed by atoms with Gasteiger partial charge < -0.3 is 5.32 Å². The number of sulfonamides is 1. The number of nitrogens with two attached hydrogens (primary N) is 1. The Morgan fingerprint density at radius 1 is 1.47 bits per heavy atom. The molecule has 6 heteroatoms. The Balaban J connectivity index is 2.30. The topological polar surface area (TPSA) is 89.3 Å². The predicted molar refractivity (Wildman–Crippen MR) is 57.5 cm³/mol. The highest BCUT2D eigenvalue weighted by atomic mass is 32.2. The van der Waals surface area contributed by atoms with Crippen molar-refractivity contribution in [3.05, 3.63) is 0 Å². The molecular formula is C9H18N2O3S. The van der Waals surface area contributed by atoms with E-state index < -0.39 is 10.0 Å². The molecule has 2 unspecified atom stereocenters. The zero-order chi connectivity index (χ0) is 11.5. The molecule has 5 nitrogen and oxygen atoms in total. The molecule has 2 atom stereocenters. The Labute approximate surface area is 90.5 Å². The molecule has 3 N–H and O–H groups in total. The second-order valence-corrected chi connectivity index (χ2v) is 5.91. The largest absolute Gasteiger partial charge is 0.355 e. The lowest BCUT2D eigenvalue weighted by Crippen LogP contribution is -2.36. The molecule has 0 aromatic heterocycles. The van der Waals surface area contributed by atoms with E-state index in [4.69, 9.17) is 5.14 Å². The van der Waals surface area contributed by atoms with Gasteiger partial charge in [0.15, 0.2) is 0 Å². The smallest absolute Gasteiger partial charge is 0.223 e. The third-order valence-electron chi connectivity index (χ3n) is 2.88. The molecule has 0 aromatic rings. The molecule has 1 rings (SSSR count). The molecule has 0 radical (unpaired) electrons. The van der Waals surface area contributed by atoms with E-state index in [1.807, 2.05) is 0 Å². The number of amides is 1. The summed E-state index contributed by atoms with van der Waals surface area (Å²) in [5.41, 5.74) is 0. The molecule has 1 amide bonds. The Morgan fingerprint density at radius 2 is 2.13 bits per heavy atom. The first-order chi connectivity index (χ1) is 6.90. The van der Waals surface area contributed by atoms with E-state index >= 15 is 0 Å². The van der Waals surface area contributed by atoms with Crippen LogP contribution in [0.3, 0.4) is 0 Å². The lowest BCUT2D eigenvalue weighted by molar-refractivity contribution is -0.125. The van der Waals surface area contributed by atoms with Crippen LogP contribution in [-0.4, -0.2) is 26.6 Å². The van der Waals surface area contributed by atoms with E-state index in [1.54, 1.807) is 0 Å². The van der Waals surface area contributed by atoms with Crippen molar-refractivity contribution < 1.29 is 13.2 Å². The highest BCUT2D eigenvalue weighted by molar-refractivity contribution is 7.89. The van der Waals surface area contributed by atoms with Gasteiger partial charge in [0.2, 0.25) is 15.9 Å². The van der Waals surface area contributed by atoms with Gasteiger partial charge in [-0.05, 0) is 18.8 Å². The van der Waals surface area contributed by atoms with E-state index in [1.165, 1.54) is 0 Å². The third kappa shape index (κ3) is 4.17. The number of carbonyl (C=O) groups excluding carboxylic acids is 1. The second-order valence-electron chi connectivity index (χ2n) is 4.17. The number of primary sulfonamides is 1. The van der Waals surface area contributed by atoms with Crippen molar-refractivity contribution >= 4 is 15.9 Å². The number of hydrogen-bond acceptors (Lipinski definition) is 3. The maximum absolute atomic E-state index is 11.6. The average molecular weight is 234 g/mol. The van der Waals surface area contributed by atoms with Gasteiger partial charge in [0.1, 0.15) is 0 Å².